The van der Waals surface area contributed by atoms with Crippen molar-refractivity contribution < 1.29 is 0 Å². The fraction of sp³-hybridized carbons (Fsp3) is 0.412. The molecule has 1 aromatic heterocycles. The zero-order valence-electron chi connectivity index (χ0n) is 12.4. The van der Waals surface area contributed by atoms with Gasteiger partial charge in [-0.05, 0) is 50.1 Å². The topological polar surface area (TPSA) is 12.0 Å². The molecule has 0 aliphatic heterocycles. The van der Waals surface area contributed by atoms with E-state index in [0.29, 0.717) is 6.04 Å². The normalized spacial score (nSPS) is 12.6. The predicted molar refractivity (Wildman–Crippen MR) is 90.0 cm³/mol. The van der Waals surface area contributed by atoms with Crippen LogP contribution in [0.4, 0.5) is 0 Å². The molecule has 1 N–H and O–H groups in total. The van der Waals surface area contributed by atoms with Crippen LogP contribution in [0.15, 0.2) is 30.3 Å². The molecule has 1 aromatic carbocycles. The molecular weight excluding hydrogens is 286 g/mol. The zero-order valence-corrected chi connectivity index (χ0v) is 13.9. The van der Waals surface area contributed by atoms with Crippen molar-refractivity contribution in [2.45, 2.75) is 39.7 Å². The SMILES string of the molecule is CCCNC(Cc1ccc(Cl)s1)c1cc(C)ccc1C. The van der Waals surface area contributed by atoms with Crippen molar-refractivity contribution in [2.24, 2.45) is 0 Å². The lowest BCUT2D eigenvalue weighted by molar-refractivity contribution is 0.530. The molecule has 3 heteroatoms. The summed E-state index contributed by atoms with van der Waals surface area (Å²) in [4.78, 5) is 1.34. The van der Waals surface area contributed by atoms with Crippen molar-refractivity contribution in [1.29, 1.82) is 0 Å². The van der Waals surface area contributed by atoms with E-state index in [1.807, 2.05) is 6.07 Å². The molecule has 20 heavy (non-hydrogen) atoms. The summed E-state index contributed by atoms with van der Waals surface area (Å²) >= 11 is 7.73. The van der Waals surface area contributed by atoms with Crippen LogP contribution in [0.2, 0.25) is 4.34 Å². The average molecular weight is 308 g/mol. The highest BCUT2D eigenvalue weighted by Gasteiger charge is 2.15. The molecule has 1 nitrogen and oxygen atoms in total. The van der Waals surface area contributed by atoms with Crippen LogP contribution < -0.4 is 5.32 Å². The third kappa shape index (κ3) is 4.08. The third-order valence-electron chi connectivity index (χ3n) is 3.49. The number of halogens is 1. The largest absolute Gasteiger partial charge is 0.310 e. The molecule has 1 atom stereocenters. The summed E-state index contributed by atoms with van der Waals surface area (Å²) in [5.41, 5.74) is 4.08. The molecule has 0 saturated heterocycles. The molecule has 0 fully saturated rings. The molecule has 0 bridgehead atoms. The van der Waals surface area contributed by atoms with Gasteiger partial charge in [0.15, 0.2) is 0 Å². The van der Waals surface area contributed by atoms with Gasteiger partial charge >= 0.3 is 0 Å². The maximum absolute atomic E-state index is 6.05. The van der Waals surface area contributed by atoms with Crippen molar-refractivity contribution >= 4 is 22.9 Å². The van der Waals surface area contributed by atoms with Gasteiger partial charge in [0.2, 0.25) is 0 Å². The minimum Gasteiger partial charge on any atom is -0.310 e. The van der Waals surface area contributed by atoms with Crippen molar-refractivity contribution in [1.82, 2.24) is 5.32 Å². The molecule has 0 aliphatic rings. The van der Waals surface area contributed by atoms with Gasteiger partial charge in [0, 0.05) is 17.3 Å². The second kappa shape index (κ2) is 7.26. The second-order valence-corrected chi connectivity index (χ2v) is 7.08. The van der Waals surface area contributed by atoms with E-state index in [2.05, 4.69) is 50.4 Å². The maximum atomic E-state index is 6.05. The van der Waals surface area contributed by atoms with Crippen molar-refractivity contribution in [3.63, 3.8) is 0 Å². The Bertz CT molecular complexity index is 562. The number of hydrogen-bond donors (Lipinski definition) is 1. The molecule has 0 amide bonds. The Labute approximate surface area is 131 Å². The number of hydrogen-bond acceptors (Lipinski definition) is 2. The summed E-state index contributed by atoms with van der Waals surface area (Å²) in [5, 5.41) is 3.68. The van der Waals surface area contributed by atoms with Crippen LogP contribution in [0.3, 0.4) is 0 Å². The van der Waals surface area contributed by atoms with Gasteiger partial charge in [0.05, 0.1) is 4.34 Å². The molecular formula is C17H22ClNS. The summed E-state index contributed by atoms with van der Waals surface area (Å²) in [5.74, 6) is 0. The van der Waals surface area contributed by atoms with E-state index in [0.717, 1.165) is 23.7 Å². The van der Waals surface area contributed by atoms with Gasteiger partial charge in [0.1, 0.15) is 0 Å². The van der Waals surface area contributed by atoms with Gasteiger partial charge in [-0.15, -0.1) is 11.3 Å². The maximum Gasteiger partial charge on any atom is 0.0931 e. The van der Waals surface area contributed by atoms with Crippen LogP contribution in [0, 0.1) is 13.8 Å². The lowest BCUT2D eigenvalue weighted by atomic mass is 9.96. The first-order valence-corrected chi connectivity index (χ1v) is 8.34. The molecule has 0 radical (unpaired) electrons. The van der Waals surface area contributed by atoms with Crippen LogP contribution in [0.5, 0.6) is 0 Å². The summed E-state index contributed by atoms with van der Waals surface area (Å²) in [6.07, 6.45) is 2.15. The molecule has 2 aromatic rings. The van der Waals surface area contributed by atoms with Crippen LogP contribution in [0.1, 0.15) is 41.0 Å². The van der Waals surface area contributed by atoms with E-state index in [1.54, 1.807) is 11.3 Å². The molecule has 0 aliphatic carbocycles. The van der Waals surface area contributed by atoms with E-state index in [4.69, 9.17) is 11.6 Å². The third-order valence-corrected chi connectivity index (χ3v) is 4.74. The van der Waals surface area contributed by atoms with E-state index < -0.39 is 0 Å². The van der Waals surface area contributed by atoms with E-state index in [-0.39, 0.29) is 0 Å². The Hall–Kier alpha value is -0.830. The minimum absolute atomic E-state index is 0.365. The first-order chi connectivity index (χ1) is 9.60. The van der Waals surface area contributed by atoms with E-state index >= 15 is 0 Å². The first kappa shape index (κ1) is 15.6. The molecule has 1 unspecified atom stereocenters. The van der Waals surface area contributed by atoms with Crippen molar-refractivity contribution in [3.8, 4) is 0 Å². The number of benzene rings is 1. The lowest BCUT2D eigenvalue weighted by Gasteiger charge is -2.21. The Morgan fingerprint density at radius 3 is 2.65 bits per heavy atom. The summed E-state index contributed by atoms with van der Waals surface area (Å²) in [6.45, 7) is 7.59. The van der Waals surface area contributed by atoms with Gasteiger partial charge in [-0.2, -0.15) is 0 Å². The first-order valence-electron chi connectivity index (χ1n) is 7.15. The van der Waals surface area contributed by atoms with Gasteiger partial charge in [0.25, 0.3) is 0 Å². The summed E-state index contributed by atoms with van der Waals surface area (Å²) in [7, 11) is 0. The Kier molecular flexibility index (Phi) is 5.64. The van der Waals surface area contributed by atoms with Crippen LogP contribution >= 0.6 is 22.9 Å². The Morgan fingerprint density at radius 2 is 2.00 bits per heavy atom. The standard InChI is InChI=1S/C17H22ClNS/c1-4-9-19-16(11-14-7-8-17(18)20-14)15-10-12(2)5-6-13(15)3/h5-8,10,16,19H,4,9,11H2,1-3H3. The van der Waals surface area contributed by atoms with E-state index in [9.17, 15) is 0 Å². The number of nitrogens with one attached hydrogen (secondary N) is 1. The fourth-order valence-corrected chi connectivity index (χ4v) is 3.54. The van der Waals surface area contributed by atoms with Crippen LogP contribution in [0.25, 0.3) is 0 Å². The molecule has 1 heterocycles. The fourth-order valence-electron chi connectivity index (χ4n) is 2.41. The molecule has 108 valence electrons. The average Bonchev–Trinajstić information content (AvgIpc) is 2.83. The molecule has 0 spiro atoms. The second-order valence-electron chi connectivity index (χ2n) is 5.28. The highest BCUT2D eigenvalue weighted by atomic mass is 35.5. The quantitative estimate of drug-likeness (QED) is 0.763. The van der Waals surface area contributed by atoms with Crippen molar-refractivity contribution in [2.75, 3.05) is 6.54 Å². The van der Waals surface area contributed by atoms with Gasteiger partial charge in [-0.25, -0.2) is 0 Å². The lowest BCUT2D eigenvalue weighted by Crippen LogP contribution is -2.24. The minimum atomic E-state index is 0.365. The number of rotatable bonds is 6. The highest BCUT2D eigenvalue weighted by molar-refractivity contribution is 7.16. The molecule has 2 rings (SSSR count). The van der Waals surface area contributed by atoms with E-state index in [1.165, 1.54) is 21.6 Å². The van der Waals surface area contributed by atoms with Gasteiger partial charge in [-0.1, -0.05) is 42.3 Å². The van der Waals surface area contributed by atoms with Crippen molar-refractivity contribution in [3.05, 3.63) is 56.2 Å². The van der Waals surface area contributed by atoms with Gasteiger partial charge in [-0.3, -0.25) is 0 Å². The summed E-state index contributed by atoms with van der Waals surface area (Å²) in [6, 6.07) is 11.2. The smallest absolute Gasteiger partial charge is 0.0931 e. The highest BCUT2D eigenvalue weighted by Crippen LogP contribution is 2.28. The van der Waals surface area contributed by atoms with Crippen LogP contribution in [-0.4, -0.2) is 6.54 Å². The van der Waals surface area contributed by atoms with Gasteiger partial charge < -0.3 is 5.32 Å². The predicted octanol–water partition coefficient (Wildman–Crippen LogP) is 5.30. The summed E-state index contributed by atoms with van der Waals surface area (Å²) < 4.78 is 0.871. The molecule has 0 saturated carbocycles. The number of thiophene rings is 1. The Balaban J connectivity index is 2.24. The number of aryl methyl sites for hydroxylation is 2. The zero-order chi connectivity index (χ0) is 14.5. The monoisotopic (exact) mass is 307 g/mol. The Morgan fingerprint density at radius 1 is 1.20 bits per heavy atom. The van der Waals surface area contributed by atoms with Crippen LogP contribution in [-0.2, 0) is 6.42 Å².